The first-order valence-corrected chi connectivity index (χ1v) is 10.1. The minimum absolute atomic E-state index is 0.153. The maximum Gasteiger partial charge on any atom is 0.182 e. The Bertz CT molecular complexity index is 557. The number of thioether (sulfide) groups is 1. The van der Waals surface area contributed by atoms with Crippen LogP contribution in [0, 0.1) is 0 Å². The van der Waals surface area contributed by atoms with E-state index in [1.165, 1.54) is 38.5 Å². The van der Waals surface area contributed by atoms with Crippen LogP contribution in [0.1, 0.15) is 69.2 Å². The number of rotatable bonds is 11. The molecule has 1 aliphatic rings. The van der Waals surface area contributed by atoms with Gasteiger partial charge in [0.15, 0.2) is 5.78 Å². The third kappa shape index (κ3) is 5.66. The Hall–Kier alpha value is -1.29. The molecule has 0 aromatic heterocycles. The molecule has 24 heavy (non-hydrogen) atoms. The maximum atomic E-state index is 12.5. The summed E-state index contributed by atoms with van der Waals surface area (Å²) in [4.78, 5) is 18.0. The second kappa shape index (κ2) is 10.5. The summed E-state index contributed by atoms with van der Waals surface area (Å²) in [6.45, 7) is 5.64. The summed E-state index contributed by atoms with van der Waals surface area (Å²) in [5.41, 5.74) is 0.776. The highest BCUT2D eigenvalue weighted by molar-refractivity contribution is 8.02. The van der Waals surface area contributed by atoms with Gasteiger partial charge in [0.25, 0.3) is 0 Å². The second-order valence-electron chi connectivity index (χ2n) is 6.17. The molecule has 1 unspecified atom stereocenters. The van der Waals surface area contributed by atoms with Crippen LogP contribution >= 0.6 is 11.8 Å². The molecular formula is C20H29NO2S. The average Bonchev–Trinajstić information content (AvgIpc) is 2.90. The summed E-state index contributed by atoms with van der Waals surface area (Å²) in [6.07, 6.45) is 10.8. The molecule has 1 heterocycles. The van der Waals surface area contributed by atoms with Crippen molar-refractivity contribution in [3.63, 3.8) is 0 Å². The normalized spacial score (nSPS) is 16.8. The number of aliphatic imine (C=N–C) groups is 1. The van der Waals surface area contributed by atoms with E-state index in [4.69, 9.17) is 4.74 Å². The van der Waals surface area contributed by atoms with Gasteiger partial charge in [0, 0.05) is 23.2 Å². The zero-order chi connectivity index (χ0) is 17.2. The number of ether oxygens (including phenoxy) is 1. The van der Waals surface area contributed by atoms with E-state index < -0.39 is 0 Å². The molecule has 0 saturated heterocycles. The molecule has 0 radical (unpaired) electrons. The lowest BCUT2D eigenvalue weighted by Crippen LogP contribution is -2.13. The predicted molar refractivity (Wildman–Crippen MR) is 103 cm³/mol. The van der Waals surface area contributed by atoms with Crippen LogP contribution in [0.3, 0.4) is 0 Å². The quantitative estimate of drug-likeness (QED) is 0.388. The molecule has 3 nitrogen and oxygen atoms in total. The molecule has 0 bridgehead atoms. The second-order valence-corrected chi connectivity index (χ2v) is 7.35. The van der Waals surface area contributed by atoms with Crippen molar-refractivity contribution in [1.82, 2.24) is 0 Å². The van der Waals surface area contributed by atoms with E-state index in [1.54, 1.807) is 11.8 Å². The number of hydrogen-bond acceptors (Lipinski definition) is 4. The van der Waals surface area contributed by atoms with Gasteiger partial charge in [0.1, 0.15) is 11.0 Å². The van der Waals surface area contributed by atoms with Crippen molar-refractivity contribution in [2.24, 2.45) is 4.99 Å². The van der Waals surface area contributed by atoms with Gasteiger partial charge in [-0.3, -0.25) is 9.79 Å². The van der Waals surface area contributed by atoms with Crippen LogP contribution in [0.15, 0.2) is 28.1 Å². The van der Waals surface area contributed by atoms with Crippen molar-refractivity contribution in [3.05, 3.63) is 23.8 Å². The van der Waals surface area contributed by atoms with Gasteiger partial charge in [-0.05, 0) is 31.5 Å². The number of benzene rings is 1. The van der Waals surface area contributed by atoms with Gasteiger partial charge in [0.2, 0.25) is 0 Å². The van der Waals surface area contributed by atoms with Crippen molar-refractivity contribution in [3.8, 4) is 5.75 Å². The van der Waals surface area contributed by atoms with Crippen LogP contribution in [0.4, 0.5) is 0 Å². The predicted octanol–water partition coefficient (Wildman–Crippen LogP) is 5.56. The molecule has 0 fully saturated rings. The maximum absolute atomic E-state index is 12.5. The molecular weight excluding hydrogens is 318 g/mol. The van der Waals surface area contributed by atoms with Crippen LogP contribution in [-0.4, -0.2) is 30.4 Å². The lowest BCUT2D eigenvalue weighted by atomic mass is 10.1. The minimum Gasteiger partial charge on any atom is -0.494 e. The Morgan fingerprint density at radius 1 is 1.12 bits per heavy atom. The third-order valence-corrected chi connectivity index (χ3v) is 5.37. The van der Waals surface area contributed by atoms with Crippen molar-refractivity contribution >= 4 is 23.8 Å². The van der Waals surface area contributed by atoms with Crippen LogP contribution in [0.2, 0.25) is 0 Å². The first kappa shape index (κ1) is 19.0. The fraction of sp³-hybridized carbons (Fsp3) is 0.600. The summed E-state index contributed by atoms with van der Waals surface area (Å²) in [5, 5.41) is -0.165. The SMILES string of the molecule is CCCCCCCCCN=CC1Sc2ccc(OCC)cc2C1=O. The highest BCUT2D eigenvalue weighted by Gasteiger charge is 2.30. The Morgan fingerprint density at radius 2 is 1.88 bits per heavy atom. The van der Waals surface area contributed by atoms with Crippen molar-refractivity contribution < 1.29 is 9.53 Å². The van der Waals surface area contributed by atoms with E-state index in [0.29, 0.717) is 6.61 Å². The number of Topliss-reactive ketones (excluding diaryl/α,β-unsaturated/α-hetero) is 1. The highest BCUT2D eigenvalue weighted by atomic mass is 32.2. The summed E-state index contributed by atoms with van der Waals surface area (Å²) in [6, 6.07) is 5.77. The largest absolute Gasteiger partial charge is 0.494 e. The molecule has 0 aliphatic carbocycles. The number of carbonyl (C=O) groups is 1. The Balaban J connectivity index is 1.71. The Morgan fingerprint density at radius 3 is 2.62 bits per heavy atom. The van der Waals surface area contributed by atoms with Gasteiger partial charge < -0.3 is 4.74 Å². The lowest BCUT2D eigenvalue weighted by molar-refractivity contribution is 0.101. The fourth-order valence-electron chi connectivity index (χ4n) is 2.83. The van der Waals surface area contributed by atoms with Gasteiger partial charge in [-0.2, -0.15) is 0 Å². The highest BCUT2D eigenvalue weighted by Crippen LogP contribution is 2.38. The number of unbranched alkanes of at least 4 members (excludes halogenated alkanes) is 6. The fourth-order valence-corrected chi connectivity index (χ4v) is 3.92. The zero-order valence-corrected chi connectivity index (χ0v) is 15.7. The Labute approximate surface area is 150 Å². The van der Waals surface area contributed by atoms with Crippen LogP contribution in [0.5, 0.6) is 5.75 Å². The molecule has 0 amide bonds. The molecule has 4 heteroatoms. The van der Waals surface area contributed by atoms with Gasteiger partial charge in [0.05, 0.1) is 6.61 Å². The number of nitrogens with zero attached hydrogens (tertiary/aromatic N) is 1. The molecule has 0 N–H and O–H groups in total. The van der Waals surface area contributed by atoms with E-state index in [2.05, 4.69) is 11.9 Å². The molecule has 0 saturated carbocycles. The molecule has 2 rings (SSSR count). The number of hydrogen-bond donors (Lipinski definition) is 0. The van der Waals surface area contributed by atoms with Crippen LogP contribution < -0.4 is 4.74 Å². The first-order chi connectivity index (χ1) is 11.8. The Kier molecular flexibility index (Phi) is 8.37. The lowest BCUT2D eigenvalue weighted by Gasteiger charge is -2.03. The van der Waals surface area contributed by atoms with Crippen LogP contribution in [0.25, 0.3) is 0 Å². The number of ketones is 1. The summed E-state index contributed by atoms with van der Waals surface area (Å²) >= 11 is 1.59. The molecule has 1 aromatic rings. The summed E-state index contributed by atoms with van der Waals surface area (Å²) < 4.78 is 5.48. The minimum atomic E-state index is -0.165. The van der Waals surface area contributed by atoms with Gasteiger partial charge in [-0.15, -0.1) is 11.8 Å². The van der Waals surface area contributed by atoms with E-state index in [1.807, 2.05) is 31.3 Å². The average molecular weight is 348 g/mol. The monoisotopic (exact) mass is 347 g/mol. The number of carbonyl (C=O) groups excluding carboxylic acids is 1. The van der Waals surface area contributed by atoms with Crippen molar-refractivity contribution in [1.29, 1.82) is 0 Å². The summed E-state index contributed by atoms with van der Waals surface area (Å²) in [5.74, 6) is 0.922. The van der Waals surface area contributed by atoms with Crippen molar-refractivity contribution in [2.45, 2.75) is 68.9 Å². The van der Waals surface area contributed by atoms with Gasteiger partial charge >= 0.3 is 0 Å². The van der Waals surface area contributed by atoms with Crippen LogP contribution in [-0.2, 0) is 0 Å². The molecule has 0 spiro atoms. The molecule has 1 aromatic carbocycles. The molecule has 132 valence electrons. The van der Waals surface area contributed by atoms with E-state index in [-0.39, 0.29) is 11.0 Å². The number of fused-ring (bicyclic) bond motifs is 1. The van der Waals surface area contributed by atoms with E-state index >= 15 is 0 Å². The van der Waals surface area contributed by atoms with E-state index in [9.17, 15) is 4.79 Å². The smallest absolute Gasteiger partial charge is 0.182 e. The van der Waals surface area contributed by atoms with E-state index in [0.717, 1.165) is 29.2 Å². The zero-order valence-electron chi connectivity index (χ0n) is 14.9. The standard InChI is InChI=1S/C20H29NO2S/c1-3-5-6-7-8-9-10-13-21-15-19-20(22)17-14-16(23-4-2)11-12-18(17)24-19/h11-12,14-15,19H,3-10,13H2,1-2H3. The van der Waals surface area contributed by atoms with Crippen molar-refractivity contribution in [2.75, 3.05) is 13.2 Å². The topological polar surface area (TPSA) is 38.7 Å². The molecule has 1 aliphatic heterocycles. The first-order valence-electron chi connectivity index (χ1n) is 9.24. The molecule has 1 atom stereocenters. The summed E-state index contributed by atoms with van der Waals surface area (Å²) in [7, 11) is 0. The third-order valence-electron chi connectivity index (χ3n) is 4.17. The van der Waals surface area contributed by atoms with Gasteiger partial charge in [-0.1, -0.05) is 45.4 Å². The van der Waals surface area contributed by atoms with Gasteiger partial charge in [-0.25, -0.2) is 0 Å².